The van der Waals surface area contributed by atoms with Crippen LogP contribution in [0.5, 0.6) is 0 Å². The smallest absolute Gasteiger partial charge is 0.130 e. The Hall–Kier alpha value is -1.35. The van der Waals surface area contributed by atoms with Gasteiger partial charge in [-0.15, -0.1) is 6.58 Å². The summed E-state index contributed by atoms with van der Waals surface area (Å²) in [6.45, 7) is 4.15. The number of aliphatic hydroxyl groups excluding tert-OH is 1. The minimum Gasteiger partial charge on any atom is -0.391 e. The fourth-order valence-corrected chi connectivity index (χ4v) is 1.94. The lowest BCUT2D eigenvalue weighted by atomic mass is 10.1. The van der Waals surface area contributed by atoms with E-state index >= 15 is 0 Å². The quantitative estimate of drug-likeness (QED) is 0.772. The van der Waals surface area contributed by atoms with Gasteiger partial charge < -0.3 is 10.0 Å². The monoisotopic (exact) mass is 221 g/mol. The number of halogens is 1. The SMILES string of the molecule is C=CCN(c1cccc(F)c1CO)C1CC1. The van der Waals surface area contributed by atoms with E-state index < -0.39 is 0 Å². The maximum absolute atomic E-state index is 13.5. The lowest BCUT2D eigenvalue weighted by molar-refractivity contribution is 0.276. The van der Waals surface area contributed by atoms with Crippen molar-refractivity contribution in [3.8, 4) is 0 Å². The van der Waals surface area contributed by atoms with Gasteiger partial charge in [0.25, 0.3) is 0 Å². The highest BCUT2D eigenvalue weighted by molar-refractivity contribution is 5.56. The van der Waals surface area contributed by atoms with Crippen LogP contribution in [-0.4, -0.2) is 17.7 Å². The van der Waals surface area contributed by atoms with Crippen molar-refractivity contribution in [2.75, 3.05) is 11.4 Å². The van der Waals surface area contributed by atoms with Gasteiger partial charge in [-0.25, -0.2) is 4.39 Å². The number of hydrogen-bond donors (Lipinski definition) is 1. The van der Waals surface area contributed by atoms with E-state index in [4.69, 9.17) is 0 Å². The number of nitrogens with zero attached hydrogens (tertiary/aromatic N) is 1. The Morgan fingerprint density at radius 1 is 1.50 bits per heavy atom. The van der Waals surface area contributed by atoms with Gasteiger partial charge in [0.1, 0.15) is 5.82 Å². The molecule has 0 saturated heterocycles. The zero-order valence-corrected chi connectivity index (χ0v) is 9.19. The highest BCUT2D eigenvalue weighted by Crippen LogP contribution is 2.34. The second kappa shape index (κ2) is 4.66. The first-order valence-corrected chi connectivity index (χ1v) is 5.53. The van der Waals surface area contributed by atoms with Crippen LogP contribution in [0, 0.1) is 5.82 Å². The summed E-state index contributed by atoms with van der Waals surface area (Å²) in [6, 6.07) is 5.40. The highest BCUT2D eigenvalue weighted by atomic mass is 19.1. The Labute approximate surface area is 95.0 Å². The van der Waals surface area contributed by atoms with Crippen LogP contribution in [0.4, 0.5) is 10.1 Å². The molecule has 0 radical (unpaired) electrons. The fourth-order valence-electron chi connectivity index (χ4n) is 1.94. The number of aliphatic hydroxyl groups is 1. The van der Waals surface area contributed by atoms with E-state index in [-0.39, 0.29) is 12.4 Å². The molecule has 0 aliphatic heterocycles. The van der Waals surface area contributed by atoms with E-state index in [9.17, 15) is 9.50 Å². The molecule has 1 N–H and O–H groups in total. The predicted octanol–water partition coefficient (Wildman–Crippen LogP) is 2.47. The molecule has 86 valence electrons. The molecule has 0 unspecified atom stereocenters. The van der Waals surface area contributed by atoms with Crippen molar-refractivity contribution in [1.82, 2.24) is 0 Å². The van der Waals surface area contributed by atoms with Crippen LogP contribution in [-0.2, 0) is 6.61 Å². The van der Waals surface area contributed by atoms with Crippen molar-refractivity contribution >= 4 is 5.69 Å². The third-order valence-electron chi connectivity index (χ3n) is 2.88. The van der Waals surface area contributed by atoms with E-state index in [0.717, 1.165) is 18.5 Å². The first-order valence-electron chi connectivity index (χ1n) is 5.53. The third-order valence-corrected chi connectivity index (χ3v) is 2.88. The lowest BCUT2D eigenvalue weighted by Crippen LogP contribution is -2.27. The van der Waals surface area contributed by atoms with Crippen molar-refractivity contribution in [2.24, 2.45) is 0 Å². The summed E-state index contributed by atoms with van der Waals surface area (Å²) in [5, 5.41) is 9.23. The van der Waals surface area contributed by atoms with E-state index in [0.29, 0.717) is 18.2 Å². The largest absolute Gasteiger partial charge is 0.391 e. The maximum atomic E-state index is 13.5. The van der Waals surface area contributed by atoms with Crippen LogP contribution in [0.15, 0.2) is 30.9 Å². The van der Waals surface area contributed by atoms with Gasteiger partial charge >= 0.3 is 0 Å². The second-order valence-corrected chi connectivity index (χ2v) is 4.07. The van der Waals surface area contributed by atoms with Crippen molar-refractivity contribution in [2.45, 2.75) is 25.5 Å². The molecule has 1 aliphatic rings. The van der Waals surface area contributed by atoms with Crippen molar-refractivity contribution in [3.05, 3.63) is 42.2 Å². The number of anilines is 1. The van der Waals surface area contributed by atoms with Crippen LogP contribution in [0.3, 0.4) is 0 Å². The Kier molecular flexibility index (Phi) is 3.25. The summed E-state index contributed by atoms with van der Waals surface area (Å²) in [4.78, 5) is 2.11. The van der Waals surface area contributed by atoms with Crippen LogP contribution in [0.1, 0.15) is 18.4 Å². The summed E-state index contributed by atoms with van der Waals surface area (Å²) in [6.07, 6.45) is 4.08. The number of rotatable bonds is 5. The summed E-state index contributed by atoms with van der Waals surface area (Å²) in [7, 11) is 0. The average Bonchev–Trinajstić information content (AvgIpc) is 3.09. The summed E-state index contributed by atoms with van der Waals surface area (Å²) >= 11 is 0. The van der Waals surface area contributed by atoms with Gasteiger partial charge in [0.05, 0.1) is 6.61 Å². The van der Waals surface area contributed by atoms with Gasteiger partial charge in [0.2, 0.25) is 0 Å². The molecule has 1 aromatic rings. The van der Waals surface area contributed by atoms with E-state index in [2.05, 4.69) is 11.5 Å². The van der Waals surface area contributed by atoms with Gasteiger partial charge in [0, 0.05) is 23.8 Å². The Bertz CT molecular complexity index is 388. The molecule has 0 aromatic heterocycles. The highest BCUT2D eigenvalue weighted by Gasteiger charge is 2.30. The topological polar surface area (TPSA) is 23.5 Å². The molecular formula is C13H16FNO. The summed E-state index contributed by atoms with van der Waals surface area (Å²) in [5.74, 6) is -0.338. The van der Waals surface area contributed by atoms with Gasteiger partial charge in [-0.05, 0) is 25.0 Å². The van der Waals surface area contributed by atoms with E-state index in [1.54, 1.807) is 6.07 Å². The average molecular weight is 221 g/mol. The number of benzene rings is 1. The maximum Gasteiger partial charge on any atom is 0.130 e. The van der Waals surface area contributed by atoms with Crippen molar-refractivity contribution < 1.29 is 9.50 Å². The minimum atomic E-state index is -0.338. The Balaban J connectivity index is 2.35. The lowest BCUT2D eigenvalue weighted by Gasteiger charge is -2.25. The van der Waals surface area contributed by atoms with Crippen molar-refractivity contribution in [3.63, 3.8) is 0 Å². The normalized spacial score (nSPS) is 14.9. The molecule has 1 aliphatic carbocycles. The van der Waals surface area contributed by atoms with Crippen LogP contribution in [0.2, 0.25) is 0 Å². The van der Waals surface area contributed by atoms with Gasteiger partial charge in [-0.3, -0.25) is 0 Å². The summed E-state index contributed by atoms with van der Waals surface area (Å²) in [5.41, 5.74) is 1.18. The fraction of sp³-hybridized carbons (Fsp3) is 0.385. The predicted molar refractivity (Wildman–Crippen MR) is 62.9 cm³/mol. The first-order chi connectivity index (χ1) is 7.77. The molecule has 1 aromatic carbocycles. The standard InChI is InChI=1S/C13H16FNO/c1-2-8-15(10-6-7-10)13-5-3-4-12(14)11(13)9-16/h2-5,10,16H,1,6-9H2. The van der Waals surface area contributed by atoms with Crippen LogP contribution >= 0.6 is 0 Å². The molecule has 0 bridgehead atoms. The first kappa shape index (κ1) is 11.1. The van der Waals surface area contributed by atoms with E-state index in [1.165, 1.54) is 6.07 Å². The third kappa shape index (κ3) is 2.09. The molecule has 16 heavy (non-hydrogen) atoms. The molecule has 0 amide bonds. The Morgan fingerprint density at radius 2 is 2.25 bits per heavy atom. The second-order valence-electron chi connectivity index (χ2n) is 4.07. The van der Waals surface area contributed by atoms with Crippen LogP contribution in [0.25, 0.3) is 0 Å². The molecule has 3 heteroatoms. The molecule has 0 spiro atoms. The molecule has 0 heterocycles. The molecule has 0 atom stereocenters. The number of hydrogen-bond acceptors (Lipinski definition) is 2. The zero-order chi connectivity index (χ0) is 11.5. The van der Waals surface area contributed by atoms with E-state index in [1.807, 2.05) is 12.1 Å². The molecule has 1 fully saturated rings. The Morgan fingerprint density at radius 3 is 2.81 bits per heavy atom. The van der Waals surface area contributed by atoms with Gasteiger partial charge in [-0.1, -0.05) is 12.1 Å². The molecule has 2 rings (SSSR count). The molecular weight excluding hydrogens is 205 g/mol. The van der Waals surface area contributed by atoms with Crippen molar-refractivity contribution in [1.29, 1.82) is 0 Å². The minimum absolute atomic E-state index is 0.262. The summed E-state index contributed by atoms with van der Waals surface area (Å²) < 4.78 is 13.5. The zero-order valence-electron chi connectivity index (χ0n) is 9.19. The molecule has 2 nitrogen and oxygen atoms in total. The van der Waals surface area contributed by atoms with Gasteiger partial charge in [-0.2, -0.15) is 0 Å². The van der Waals surface area contributed by atoms with Crippen LogP contribution < -0.4 is 4.90 Å². The molecule has 1 saturated carbocycles. The van der Waals surface area contributed by atoms with Gasteiger partial charge in [0.15, 0.2) is 0 Å².